The first kappa shape index (κ1) is 22.7. The molecule has 4 heterocycles. The number of carbonyl (C=O) groups is 1. The molecular weight excluding hydrogens is 446 g/mol. The van der Waals surface area contributed by atoms with Crippen molar-refractivity contribution in [2.24, 2.45) is 0 Å². The Hall–Kier alpha value is -3.04. The van der Waals surface area contributed by atoms with Crippen LogP contribution in [0.25, 0.3) is 10.2 Å². The number of nitrogens with one attached hydrogen (secondary N) is 2. The summed E-state index contributed by atoms with van der Waals surface area (Å²) in [5, 5.41) is 7.05. The Morgan fingerprint density at radius 1 is 1.26 bits per heavy atom. The number of hydrogen-bond donors (Lipinski definition) is 2. The van der Waals surface area contributed by atoms with Crippen molar-refractivity contribution in [1.29, 1.82) is 0 Å². The number of anilines is 3. The van der Waals surface area contributed by atoms with E-state index in [0.29, 0.717) is 13.0 Å². The van der Waals surface area contributed by atoms with Gasteiger partial charge in [0.1, 0.15) is 18.0 Å². The van der Waals surface area contributed by atoms with Crippen molar-refractivity contribution >= 4 is 44.8 Å². The Morgan fingerprint density at radius 2 is 2.15 bits per heavy atom. The summed E-state index contributed by atoms with van der Waals surface area (Å²) in [5.74, 6) is 1.98. The lowest BCUT2D eigenvalue weighted by atomic mass is 9.97. The van der Waals surface area contributed by atoms with Crippen LogP contribution in [0.5, 0.6) is 0 Å². The zero-order chi connectivity index (χ0) is 23.5. The Balaban J connectivity index is 1.22. The quantitative estimate of drug-likeness (QED) is 0.473. The molecule has 0 spiro atoms. The largest absolute Gasteiger partial charge is 0.363 e. The van der Waals surface area contributed by atoms with Crippen molar-refractivity contribution in [2.45, 2.75) is 39.2 Å². The molecular formula is C25H31N7OS. The second kappa shape index (κ2) is 10.1. The lowest BCUT2D eigenvalue weighted by Gasteiger charge is -2.29. The van der Waals surface area contributed by atoms with Crippen molar-refractivity contribution in [1.82, 2.24) is 24.8 Å². The van der Waals surface area contributed by atoms with E-state index in [1.807, 2.05) is 22.5 Å². The number of fused-ring (bicyclic) bond motifs is 2. The van der Waals surface area contributed by atoms with Gasteiger partial charge in [-0.2, -0.15) is 0 Å². The van der Waals surface area contributed by atoms with E-state index >= 15 is 0 Å². The molecule has 1 unspecified atom stereocenters. The van der Waals surface area contributed by atoms with E-state index in [1.54, 1.807) is 17.7 Å². The van der Waals surface area contributed by atoms with E-state index in [1.165, 1.54) is 5.57 Å². The van der Waals surface area contributed by atoms with Crippen LogP contribution < -0.4 is 10.6 Å². The molecule has 2 N–H and O–H groups in total. The highest BCUT2D eigenvalue weighted by atomic mass is 32.1. The third-order valence-electron chi connectivity index (χ3n) is 6.84. The number of aromatic nitrogens is 3. The van der Waals surface area contributed by atoms with Crippen molar-refractivity contribution in [3.63, 3.8) is 0 Å². The van der Waals surface area contributed by atoms with Crippen LogP contribution in [0.15, 0.2) is 41.7 Å². The summed E-state index contributed by atoms with van der Waals surface area (Å²) in [6.45, 7) is 8.56. The second-order valence-corrected chi connectivity index (χ2v) is 9.64. The van der Waals surface area contributed by atoms with Crippen LogP contribution >= 0.6 is 11.3 Å². The predicted molar refractivity (Wildman–Crippen MR) is 138 cm³/mol. The van der Waals surface area contributed by atoms with E-state index in [2.05, 4.69) is 56.5 Å². The average molecular weight is 478 g/mol. The van der Waals surface area contributed by atoms with Gasteiger partial charge in [-0.25, -0.2) is 15.0 Å². The van der Waals surface area contributed by atoms with Gasteiger partial charge in [-0.15, -0.1) is 11.3 Å². The van der Waals surface area contributed by atoms with E-state index in [4.69, 9.17) is 0 Å². The first-order valence-corrected chi connectivity index (χ1v) is 12.9. The monoisotopic (exact) mass is 477 g/mol. The number of nitrogens with zero attached hydrogens (tertiary/aromatic N) is 5. The molecule has 0 saturated heterocycles. The summed E-state index contributed by atoms with van der Waals surface area (Å²) in [5.41, 5.74) is 6.33. The molecule has 2 aliphatic heterocycles. The third kappa shape index (κ3) is 4.76. The molecule has 0 saturated carbocycles. The van der Waals surface area contributed by atoms with Crippen LogP contribution in [-0.2, 0) is 11.2 Å². The Labute approximate surface area is 204 Å². The molecule has 5 rings (SSSR count). The van der Waals surface area contributed by atoms with E-state index in [0.717, 1.165) is 72.1 Å². The van der Waals surface area contributed by atoms with Crippen molar-refractivity contribution in [3.8, 4) is 0 Å². The molecule has 34 heavy (non-hydrogen) atoms. The van der Waals surface area contributed by atoms with Gasteiger partial charge in [0, 0.05) is 43.7 Å². The fourth-order valence-corrected chi connectivity index (χ4v) is 5.45. The van der Waals surface area contributed by atoms with Crippen LogP contribution in [-0.4, -0.2) is 69.4 Å². The lowest BCUT2D eigenvalue weighted by molar-refractivity contribution is -0.131. The number of carbonyl (C=O) groups excluding carboxylic acids is 1. The minimum absolute atomic E-state index is 0.198. The average Bonchev–Trinajstić information content (AvgIpc) is 3.52. The second-order valence-electron chi connectivity index (χ2n) is 8.76. The molecule has 0 bridgehead atoms. The number of amides is 1. The number of benzene rings is 1. The summed E-state index contributed by atoms with van der Waals surface area (Å²) in [4.78, 5) is 30.3. The standard InChI is InChI=1S/C25H31N7OS/c1-3-31(4-2)10-9-23(33)32-11-7-17(8-12-32)21-14-19-24(26-15-27-25(19)30-21)29-18-5-6-20-22(13-18)34-16-28-20/h5-7,13,15-16,21H,3-4,8-12,14H2,1-2H3,(H2,26,27,29,30). The fraction of sp³-hybridized carbons (Fsp3) is 0.440. The predicted octanol–water partition coefficient (Wildman–Crippen LogP) is 4.06. The van der Waals surface area contributed by atoms with Gasteiger partial charge in [0.25, 0.3) is 0 Å². The van der Waals surface area contributed by atoms with Crippen molar-refractivity contribution < 1.29 is 4.79 Å². The Kier molecular flexibility index (Phi) is 6.73. The van der Waals surface area contributed by atoms with Crippen LogP contribution in [0.1, 0.15) is 32.3 Å². The molecule has 8 nitrogen and oxygen atoms in total. The molecule has 9 heteroatoms. The molecule has 1 amide bonds. The lowest BCUT2D eigenvalue weighted by Crippen LogP contribution is -2.38. The summed E-state index contributed by atoms with van der Waals surface area (Å²) in [6, 6.07) is 6.37. The first-order valence-electron chi connectivity index (χ1n) is 12.0. The topological polar surface area (TPSA) is 86.3 Å². The molecule has 3 aromatic rings. The smallest absolute Gasteiger partial charge is 0.224 e. The minimum Gasteiger partial charge on any atom is -0.363 e. The van der Waals surface area contributed by atoms with Crippen molar-refractivity contribution in [2.75, 3.05) is 43.4 Å². The number of rotatable bonds is 8. The van der Waals surface area contributed by atoms with E-state index in [9.17, 15) is 4.79 Å². The van der Waals surface area contributed by atoms with Gasteiger partial charge in [-0.3, -0.25) is 4.79 Å². The van der Waals surface area contributed by atoms with E-state index < -0.39 is 0 Å². The van der Waals surface area contributed by atoms with Crippen molar-refractivity contribution in [3.05, 3.63) is 47.2 Å². The molecule has 1 aromatic carbocycles. The fourth-order valence-electron chi connectivity index (χ4n) is 4.73. The SMILES string of the molecule is CCN(CC)CCC(=O)N1CC=C(C2Cc3c(Nc4ccc5ncsc5c4)ncnc3N2)CC1. The van der Waals surface area contributed by atoms with Gasteiger partial charge in [0.2, 0.25) is 5.91 Å². The van der Waals surface area contributed by atoms with Gasteiger partial charge >= 0.3 is 0 Å². The third-order valence-corrected chi connectivity index (χ3v) is 7.63. The van der Waals surface area contributed by atoms with Gasteiger partial charge in [-0.05, 0) is 43.3 Å². The zero-order valence-electron chi connectivity index (χ0n) is 19.8. The van der Waals surface area contributed by atoms with Gasteiger partial charge in [-0.1, -0.05) is 19.9 Å². The Bertz CT molecular complexity index is 1200. The van der Waals surface area contributed by atoms with Crippen LogP contribution in [0, 0.1) is 0 Å². The molecule has 2 aliphatic rings. The molecule has 178 valence electrons. The number of hydrogen-bond acceptors (Lipinski definition) is 8. The maximum atomic E-state index is 12.6. The summed E-state index contributed by atoms with van der Waals surface area (Å²) < 4.78 is 1.15. The highest BCUT2D eigenvalue weighted by Gasteiger charge is 2.30. The van der Waals surface area contributed by atoms with Crippen LogP contribution in [0.2, 0.25) is 0 Å². The Morgan fingerprint density at radius 3 is 2.94 bits per heavy atom. The van der Waals surface area contributed by atoms with Crippen LogP contribution in [0.4, 0.5) is 17.3 Å². The minimum atomic E-state index is 0.198. The molecule has 1 atom stereocenters. The highest BCUT2D eigenvalue weighted by Crippen LogP contribution is 2.34. The molecule has 2 aromatic heterocycles. The van der Waals surface area contributed by atoms with Crippen LogP contribution in [0.3, 0.4) is 0 Å². The molecule has 0 radical (unpaired) electrons. The maximum absolute atomic E-state index is 12.6. The molecule has 0 aliphatic carbocycles. The summed E-state index contributed by atoms with van der Waals surface area (Å²) >= 11 is 1.63. The highest BCUT2D eigenvalue weighted by molar-refractivity contribution is 7.16. The van der Waals surface area contributed by atoms with Gasteiger partial charge in [0.05, 0.1) is 21.8 Å². The van der Waals surface area contributed by atoms with Gasteiger partial charge in [0.15, 0.2) is 0 Å². The summed E-state index contributed by atoms with van der Waals surface area (Å²) in [6.07, 6.45) is 6.15. The molecule has 0 fully saturated rings. The zero-order valence-corrected chi connectivity index (χ0v) is 20.6. The summed E-state index contributed by atoms with van der Waals surface area (Å²) in [7, 11) is 0. The van der Waals surface area contributed by atoms with Gasteiger partial charge < -0.3 is 20.4 Å². The normalized spacial score (nSPS) is 17.6. The first-order chi connectivity index (χ1) is 16.6. The number of thiazole rings is 1. The maximum Gasteiger partial charge on any atom is 0.224 e. The van der Waals surface area contributed by atoms with E-state index in [-0.39, 0.29) is 11.9 Å².